The van der Waals surface area contributed by atoms with Crippen LogP contribution in [0.15, 0.2) is 72.4 Å². The molecule has 32 heavy (non-hydrogen) atoms. The number of ether oxygens (including phenoxy) is 2. The molecule has 3 aromatic carbocycles. The van der Waals surface area contributed by atoms with Gasteiger partial charge in [-0.15, -0.1) is 0 Å². The standard InChI is InChI=1S/C26H24N2O4/c1-16-11-12-18(13-17(16)2)23-24(27-19-7-5-9-21(14-19)31-3)26(30)28(25(23)29)20-8-6-10-22(15-20)32-4/h5-15,27H,1-4H3. The molecule has 0 radical (unpaired) electrons. The normalized spacial score (nSPS) is 13.6. The molecule has 0 aromatic heterocycles. The van der Waals surface area contributed by atoms with Crippen molar-refractivity contribution in [3.63, 3.8) is 0 Å². The monoisotopic (exact) mass is 428 g/mol. The highest BCUT2D eigenvalue weighted by Crippen LogP contribution is 2.35. The number of amides is 2. The lowest BCUT2D eigenvalue weighted by Gasteiger charge is -2.16. The van der Waals surface area contributed by atoms with Crippen LogP contribution in [0.2, 0.25) is 0 Å². The van der Waals surface area contributed by atoms with Crippen molar-refractivity contribution in [3.05, 3.63) is 89.1 Å². The average Bonchev–Trinajstić information content (AvgIpc) is 3.05. The van der Waals surface area contributed by atoms with Gasteiger partial charge in [0.1, 0.15) is 17.2 Å². The molecule has 0 saturated heterocycles. The third-order valence-corrected chi connectivity index (χ3v) is 5.53. The number of rotatable bonds is 6. The first kappa shape index (κ1) is 21.2. The Morgan fingerprint density at radius 1 is 0.750 bits per heavy atom. The van der Waals surface area contributed by atoms with Gasteiger partial charge in [-0.05, 0) is 54.8 Å². The number of benzene rings is 3. The molecule has 3 aromatic rings. The van der Waals surface area contributed by atoms with Gasteiger partial charge >= 0.3 is 0 Å². The summed E-state index contributed by atoms with van der Waals surface area (Å²) in [7, 11) is 3.12. The average molecular weight is 428 g/mol. The predicted molar refractivity (Wildman–Crippen MR) is 125 cm³/mol. The van der Waals surface area contributed by atoms with Crippen molar-refractivity contribution in [1.82, 2.24) is 0 Å². The van der Waals surface area contributed by atoms with Crippen LogP contribution in [-0.4, -0.2) is 26.0 Å². The third kappa shape index (κ3) is 3.83. The predicted octanol–water partition coefficient (Wildman–Crippen LogP) is 4.72. The summed E-state index contributed by atoms with van der Waals surface area (Å²) < 4.78 is 10.6. The van der Waals surface area contributed by atoms with Crippen LogP contribution in [0.4, 0.5) is 11.4 Å². The number of imide groups is 1. The van der Waals surface area contributed by atoms with Crippen LogP contribution in [0.25, 0.3) is 5.57 Å². The quantitative estimate of drug-likeness (QED) is 0.576. The molecule has 0 unspecified atom stereocenters. The second-order valence-electron chi connectivity index (χ2n) is 7.55. The lowest BCUT2D eigenvalue weighted by molar-refractivity contribution is -0.120. The van der Waals surface area contributed by atoms with E-state index in [-0.39, 0.29) is 5.70 Å². The van der Waals surface area contributed by atoms with Gasteiger partial charge in [-0.25, -0.2) is 4.90 Å². The van der Waals surface area contributed by atoms with E-state index >= 15 is 0 Å². The Hall–Kier alpha value is -4.06. The molecule has 0 atom stereocenters. The molecule has 0 fully saturated rings. The fourth-order valence-electron chi connectivity index (χ4n) is 3.64. The molecular weight excluding hydrogens is 404 g/mol. The molecule has 2 amide bonds. The first-order valence-electron chi connectivity index (χ1n) is 10.2. The van der Waals surface area contributed by atoms with Gasteiger partial charge in [0.05, 0.1) is 25.5 Å². The van der Waals surface area contributed by atoms with Crippen LogP contribution in [0, 0.1) is 13.8 Å². The molecule has 0 bridgehead atoms. The van der Waals surface area contributed by atoms with E-state index in [0.29, 0.717) is 34.0 Å². The smallest absolute Gasteiger partial charge is 0.282 e. The van der Waals surface area contributed by atoms with Crippen LogP contribution in [0.1, 0.15) is 16.7 Å². The van der Waals surface area contributed by atoms with Crippen molar-refractivity contribution in [1.29, 1.82) is 0 Å². The van der Waals surface area contributed by atoms with Crippen molar-refractivity contribution in [2.75, 3.05) is 24.4 Å². The minimum Gasteiger partial charge on any atom is -0.497 e. The Kier molecular flexibility index (Phi) is 5.69. The van der Waals surface area contributed by atoms with Crippen molar-refractivity contribution < 1.29 is 19.1 Å². The molecule has 1 aliphatic rings. The fraction of sp³-hybridized carbons (Fsp3) is 0.154. The van der Waals surface area contributed by atoms with E-state index in [9.17, 15) is 9.59 Å². The summed E-state index contributed by atoms with van der Waals surface area (Å²) in [5.41, 5.74) is 4.46. The number of carbonyl (C=O) groups is 2. The van der Waals surface area contributed by atoms with Crippen molar-refractivity contribution in [2.45, 2.75) is 13.8 Å². The molecule has 1 N–H and O–H groups in total. The Labute approximate surface area is 187 Å². The van der Waals surface area contributed by atoms with Gasteiger partial charge in [0, 0.05) is 17.8 Å². The highest BCUT2D eigenvalue weighted by Gasteiger charge is 2.40. The summed E-state index contributed by atoms with van der Waals surface area (Å²) in [5.74, 6) is 0.381. The topological polar surface area (TPSA) is 67.9 Å². The number of methoxy groups -OCH3 is 2. The Balaban J connectivity index is 1.84. The summed E-state index contributed by atoms with van der Waals surface area (Å²) in [4.78, 5) is 28.3. The minimum atomic E-state index is -0.431. The van der Waals surface area contributed by atoms with Crippen molar-refractivity contribution in [2.24, 2.45) is 0 Å². The zero-order chi connectivity index (χ0) is 22.8. The second kappa shape index (κ2) is 8.59. The zero-order valence-corrected chi connectivity index (χ0v) is 18.4. The molecule has 0 saturated carbocycles. The lowest BCUT2D eigenvalue weighted by atomic mass is 9.99. The summed E-state index contributed by atoms with van der Waals surface area (Å²) in [6.45, 7) is 3.99. The van der Waals surface area contributed by atoms with Crippen LogP contribution in [0.5, 0.6) is 11.5 Å². The third-order valence-electron chi connectivity index (χ3n) is 5.53. The first-order chi connectivity index (χ1) is 15.4. The van der Waals surface area contributed by atoms with Gasteiger partial charge in [-0.3, -0.25) is 9.59 Å². The number of anilines is 2. The van der Waals surface area contributed by atoms with E-state index in [1.54, 1.807) is 44.6 Å². The fourth-order valence-corrected chi connectivity index (χ4v) is 3.64. The number of nitrogens with zero attached hydrogens (tertiary/aromatic N) is 1. The Morgan fingerprint density at radius 3 is 2.12 bits per heavy atom. The van der Waals surface area contributed by atoms with Crippen molar-refractivity contribution in [3.8, 4) is 11.5 Å². The van der Waals surface area contributed by atoms with Crippen LogP contribution in [-0.2, 0) is 9.59 Å². The van der Waals surface area contributed by atoms with E-state index in [2.05, 4.69) is 5.32 Å². The summed E-state index contributed by atoms with van der Waals surface area (Å²) in [6.07, 6.45) is 0. The maximum Gasteiger partial charge on any atom is 0.282 e. The van der Waals surface area contributed by atoms with E-state index in [4.69, 9.17) is 9.47 Å². The van der Waals surface area contributed by atoms with E-state index < -0.39 is 11.8 Å². The van der Waals surface area contributed by atoms with Gasteiger partial charge < -0.3 is 14.8 Å². The molecule has 4 rings (SSSR count). The first-order valence-corrected chi connectivity index (χ1v) is 10.2. The van der Waals surface area contributed by atoms with E-state index in [1.165, 1.54) is 4.90 Å². The van der Waals surface area contributed by atoms with Crippen LogP contribution < -0.4 is 19.7 Å². The molecule has 0 spiro atoms. The molecule has 162 valence electrons. The summed E-state index contributed by atoms with van der Waals surface area (Å²) in [5, 5.41) is 3.16. The van der Waals surface area contributed by atoms with Gasteiger partial charge in [0.25, 0.3) is 11.8 Å². The zero-order valence-electron chi connectivity index (χ0n) is 18.4. The van der Waals surface area contributed by atoms with Gasteiger partial charge in [0.2, 0.25) is 0 Å². The van der Waals surface area contributed by atoms with Crippen LogP contribution >= 0.6 is 0 Å². The van der Waals surface area contributed by atoms with E-state index in [0.717, 1.165) is 11.1 Å². The van der Waals surface area contributed by atoms with Crippen molar-refractivity contribution >= 4 is 28.8 Å². The second-order valence-corrected chi connectivity index (χ2v) is 7.55. The number of hydrogen-bond donors (Lipinski definition) is 1. The number of nitrogens with one attached hydrogen (secondary N) is 1. The molecule has 6 heteroatoms. The Morgan fingerprint density at radius 2 is 1.44 bits per heavy atom. The maximum atomic E-state index is 13.6. The summed E-state index contributed by atoms with van der Waals surface area (Å²) >= 11 is 0. The highest BCUT2D eigenvalue weighted by molar-refractivity contribution is 6.46. The number of aryl methyl sites for hydroxylation is 2. The maximum absolute atomic E-state index is 13.6. The van der Waals surface area contributed by atoms with Gasteiger partial charge in [-0.2, -0.15) is 0 Å². The van der Waals surface area contributed by atoms with Gasteiger partial charge in [-0.1, -0.05) is 30.3 Å². The van der Waals surface area contributed by atoms with E-state index in [1.807, 2.05) is 50.2 Å². The summed E-state index contributed by atoms with van der Waals surface area (Å²) in [6, 6.07) is 19.9. The largest absolute Gasteiger partial charge is 0.497 e. The Bertz CT molecular complexity index is 1250. The SMILES string of the molecule is COc1cccc(NC2=C(c3ccc(C)c(C)c3)C(=O)N(c3cccc(OC)c3)C2=O)c1. The number of hydrogen-bond acceptors (Lipinski definition) is 5. The number of carbonyl (C=O) groups excluding carboxylic acids is 2. The highest BCUT2D eigenvalue weighted by atomic mass is 16.5. The van der Waals surface area contributed by atoms with Crippen LogP contribution in [0.3, 0.4) is 0 Å². The molecular formula is C26H24N2O4. The minimum absolute atomic E-state index is 0.217. The molecule has 0 aliphatic carbocycles. The molecule has 1 aliphatic heterocycles. The lowest BCUT2D eigenvalue weighted by Crippen LogP contribution is -2.32. The molecule has 6 nitrogen and oxygen atoms in total. The van der Waals surface area contributed by atoms with Gasteiger partial charge in [0.15, 0.2) is 0 Å². The molecule has 1 heterocycles.